The summed E-state index contributed by atoms with van der Waals surface area (Å²) in [6.45, 7) is 14.4. The molecule has 6 nitrogen and oxygen atoms in total. The Morgan fingerprint density at radius 3 is 2.55 bits per heavy atom. The summed E-state index contributed by atoms with van der Waals surface area (Å²) in [6, 6.07) is 5.06. The van der Waals surface area contributed by atoms with Gasteiger partial charge in [0.15, 0.2) is 0 Å². The average molecular weight is 401 g/mol. The molecule has 3 N–H and O–H groups in total. The molecule has 1 saturated carbocycles. The standard InChI is InChI=1S/C23H40N6/c1-5-22(27-24)26-16-19-8-10-21(17-25-19)29-13-11-28(12-14-29)20-9-7-18(15-20)23(3,4)6-2/h8,10,17-18,20H,5-7,9,11-16,24H2,1-4H3,(H,26,27)/t18?,20-/m1/s1. The molecule has 3 rings (SSSR count). The van der Waals surface area contributed by atoms with Crippen molar-refractivity contribution < 1.29 is 0 Å². The first-order valence-electron chi connectivity index (χ1n) is 11.4. The summed E-state index contributed by atoms with van der Waals surface area (Å²) in [5.74, 6) is 7.14. The van der Waals surface area contributed by atoms with Gasteiger partial charge in [0.1, 0.15) is 5.84 Å². The fraction of sp³-hybridized carbons (Fsp3) is 0.739. The number of piperazine rings is 1. The molecule has 2 heterocycles. The number of hydrazine groups is 1. The van der Waals surface area contributed by atoms with Crippen molar-refractivity contribution in [3.8, 4) is 0 Å². The minimum atomic E-state index is 0.492. The summed E-state index contributed by atoms with van der Waals surface area (Å²) >= 11 is 0. The van der Waals surface area contributed by atoms with Crippen molar-refractivity contribution in [2.45, 2.75) is 72.4 Å². The van der Waals surface area contributed by atoms with E-state index < -0.39 is 0 Å². The van der Waals surface area contributed by atoms with E-state index in [4.69, 9.17) is 5.84 Å². The maximum absolute atomic E-state index is 5.45. The molecule has 0 spiro atoms. The summed E-state index contributed by atoms with van der Waals surface area (Å²) in [5, 5.41) is 0. The van der Waals surface area contributed by atoms with Gasteiger partial charge in [0.25, 0.3) is 0 Å². The molecule has 1 unspecified atom stereocenters. The van der Waals surface area contributed by atoms with Crippen molar-refractivity contribution in [3.05, 3.63) is 24.0 Å². The number of nitrogens with two attached hydrogens (primary N) is 1. The van der Waals surface area contributed by atoms with Crippen LogP contribution in [0.2, 0.25) is 0 Å². The number of aliphatic imine (C=N–C) groups is 1. The van der Waals surface area contributed by atoms with Crippen molar-refractivity contribution in [1.82, 2.24) is 15.3 Å². The molecular weight excluding hydrogens is 360 g/mol. The zero-order chi connectivity index (χ0) is 20.9. The third kappa shape index (κ3) is 5.48. The van der Waals surface area contributed by atoms with Crippen LogP contribution in [0.15, 0.2) is 23.3 Å². The van der Waals surface area contributed by atoms with Gasteiger partial charge in [-0.05, 0) is 42.7 Å². The quantitative estimate of drug-likeness (QED) is 0.317. The molecule has 1 aliphatic carbocycles. The molecule has 162 valence electrons. The number of hydrogen-bond donors (Lipinski definition) is 2. The summed E-state index contributed by atoms with van der Waals surface area (Å²) in [6.07, 6.45) is 8.25. The Morgan fingerprint density at radius 1 is 1.21 bits per heavy atom. The third-order valence-corrected chi connectivity index (χ3v) is 7.36. The van der Waals surface area contributed by atoms with Crippen molar-refractivity contribution in [3.63, 3.8) is 0 Å². The van der Waals surface area contributed by atoms with E-state index in [0.29, 0.717) is 12.0 Å². The third-order valence-electron chi connectivity index (χ3n) is 7.36. The van der Waals surface area contributed by atoms with Crippen LogP contribution in [0.25, 0.3) is 0 Å². The predicted molar refractivity (Wildman–Crippen MR) is 122 cm³/mol. The highest BCUT2D eigenvalue weighted by Gasteiger charge is 2.37. The minimum absolute atomic E-state index is 0.492. The maximum Gasteiger partial charge on any atom is 0.110 e. The Balaban J connectivity index is 1.49. The second-order valence-electron chi connectivity index (χ2n) is 9.30. The summed E-state index contributed by atoms with van der Waals surface area (Å²) in [7, 11) is 0. The number of nitrogens with zero attached hydrogens (tertiary/aromatic N) is 4. The molecule has 0 amide bonds. The molecule has 1 aromatic heterocycles. The Kier molecular flexibility index (Phi) is 7.52. The van der Waals surface area contributed by atoms with Gasteiger partial charge in [0, 0.05) is 38.6 Å². The number of aromatic nitrogens is 1. The van der Waals surface area contributed by atoms with Gasteiger partial charge >= 0.3 is 0 Å². The van der Waals surface area contributed by atoms with Gasteiger partial charge in [-0.3, -0.25) is 14.9 Å². The lowest BCUT2D eigenvalue weighted by Gasteiger charge is -2.39. The van der Waals surface area contributed by atoms with E-state index in [9.17, 15) is 0 Å². The summed E-state index contributed by atoms with van der Waals surface area (Å²) < 4.78 is 0. The zero-order valence-corrected chi connectivity index (χ0v) is 18.8. The first-order valence-corrected chi connectivity index (χ1v) is 11.4. The largest absolute Gasteiger partial charge is 0.368 e. The molecule has 0 radical (unpaired) electrons. The Morgan fingerprint density at radius 2 is 1.97 bits per heavy atom. The molecule has 2 atom stereocenters. The van der Waals surface area contributed by atoms with Gasteiger partial charge in [0.05, 0.1) is 24.1 Å². The fourth-order valence-corrected chi connectivity index (χ4v) is 4.77. The normalized spacial score (nSPS) is 24.2. The Labute approximate surface area is 176 Å². The first-order chi connectivity index (χ1) is 14.0. The molecule has 0 bridgehead atoms. The smallest absolute Gasteiger partial charge is 0.110 e. The van der Waals surface area contributed by atoms with Crippen LogP contribution in [0.1, 0.15) is 65.5 Å². The van der Waals surface area contributed by atoms with E-state index in [-0.39, 0.29) is 0 Å². The number of hydrogen-bond acceptors (Lipinski definition) is 5. The lowest BCUT2D eigenvalue weighted by molar-refractivity contribution is 0.158. The SMILES string of the molecule is CCC(=NCc1ccc(N2CCN([C@@H]3CCC(C(C)(C)CC)C3)CC2)cn1)NN. The van der Waals surface area contributed by atoms with E-state index in [2.05, 4.69) is 58.1 Å². The number of nitrogens with one attached hydrogen (secondary N) is 1. The topological polar surface area (TPSA) is 69.8 Å². The minimum Gasteiger partial charge on any atom is -0.368 e. The molecule has 6 heteroatoms. The van der Waals surface area contributed by atoms with Gasteiger partial charge < -0.3 is 10.3 Å². The number of pyridine rings is 1. The number of rotatable bonds is 7. The molecule has 29 heavy (non-hydrogen) atoms. The number of amidine groups is 1. The van der Waals surface area contributed by atoms with Crippen LogP contribution in [-0.4, -0.2) is 47.9 Å². The molecule has 1 saturated heterocycles. The maximum atomic E-state index is 5.45. The molecular formula is C23H40N6. The van der Waals surface area contributed by atoms with Crippen LogP contribution in [0.4, 0.5) is 5.69 Å². The Hall–Kier alpha value is -1.66. The molecule has 1 aliphatic heterocycles. The molecule has 2 aliphatic rings. The van der Waals surface area contributed by atoms with Crippen molar-refractivity contribution >= 4 is 11.5 Å². The van der Waals surface area contributed by atoms with Crippen LogP contribution >= 0.6 is 0 Å². The molecule has 1 aromatic rings. The van der Waals surface area contributed by atoms with Gasteiger partial charge in [-0.25, -0.2) is 5.84 Å². The highest BCUT2D eigenvalue weighted by Crippen LogP contribution is 2.43. The highest BCUT2D eigenvalue weighted by molar-refractivity contribution is 5.81. The first kappa shape index (κ1) is 22.0. The van der Waals surface area contributed by atoms with E-state index in [1.807, 2.05) is 13.1 Å². The highest BCUT2D eigenvalue weighted by atomic mass is 15.3. The lowest BCUT2D eigenvalue weighted by atomic mass is 9.76. The van der Waals surface area contributed by atoms with Crippen molar-refractivity contribution in [2.75, 3.05) is 31.1 Å². The summed E-state index contributed by atoms with van der Waals surface area (Å²) in [4.78, 5) is 14.3. The van der Waals surface area contributed by atoms with Crippen LogP contribution in [0.3, 0.4) is 0 Å². The second-order valence-corrected chi connectivity index (χ2v) is 9.30. The van der Waals surface area contributed by atoms with E-state index in [1.54, 1.807) is 0 Å². The van der Waals surface area contributed by atoms with Crippen LogP contribution in [0.5, 0.6) is 0 Å². The Bertz CT molecular complexity index is 654. The van der Waals surface area contributed by atoms with E-state index in [0.717, 1.165) is 56.1 Å². The van der Waals surface area contributed by atoms with Gasteiger partial charge in [-0.2, -0.15) is 0 Å². The fourth-order valence-electron chi connectivity index (χ4n) is 4.77. The molecule has 0 aromatic carbocycles. The van der Waals surface area contributed by atoms with Crippen molar-refractivity contribution in [1.29, 1.82) is 0 Å². The monoisotopic (exact) mass is 400 g/mol. The van der Waals surface area contributed by atoms with Crippen LogP contribution in [0, 0.1) is 11.3 Å². The summed E-state index contributed by atoms with van der Waals surface area (Å²) in [5.41, 5.74) is 5.33. The van der Waals surface area contributed by atoms with Crippen LogP contribution in [-0.2, 0) is 6.54 Å². The van der Waals surface area contributed by atoms with E-state index >= 15 is 0 Å². The number of anilines is 1. The average Bonchev–Trinajstić information content (AvgIpc) is 3.26. The van der Waals surface area contributed by atoms with Crippen molar-refractivity contribution in [2.24, 2.45) is 22.2 Å². The van der Waals surface area contributed by atoms with E-state index in [1.165, 1.54) is 31.4 Å². The van der Waals surface area contributed by atoms with Gasteiger partial charge in [-0.15, -0.1) is 0 Å². The molecule has 2 fully saturated rings. The second kappa shape index (κ2) is 9.90. The lowest BCUT2D eigenvalue weighted by Crippen LogP contribution is -2.50. The zero-order valence-electron chi connectivity index (χ0n) is 18.8. The van der Waals surface area contributed by atoms with Gasteiger partial charge in [-0.1, -0.05) is 34.1 Å². The van der Waals surface area contributed by atoms with Gasteiger partial charge in [0.2, 0.25) is 0 Å². The van der Waals surface area contributed by atoms with Crippen LogP contribution < -0.4 is 16.2 Å². The predicted octanol–water partition coefficient (Wildman–Crippen LogP) is 3.58.